The van der Waals surface area contributed by atoms with Crippen LogP contribution in [0.25, 0.3) is 22.2 Å². The number of nitrogens with zero attached hydrogens (tertiary/aromatic N) is 3. The second-order valence-corrected chi connectivity index (χ2v) is 15.4. The number of allylic oxidation sites excluding steroid dienone is 3. The number of nitrogens with one attached hydrogen (secondary N) is 2. The SMILES string of the molecule is Cc1ncccc1C1=CC(C)C(S(=O)(=O)NCCN2CCC(CN(N)/C=C(\N)c3c(C(=O)OCC(C)C)[nH]c4ccc(F)cc34)CC2)C=C1. The van der Waals surface area contributed by atoms with Gasteiger partial charge in [0.15, 0.2) is 0 Å². The predicted molar refractivity (Wildman–Crippen MR) is 192 cm³/mol. The minimum absolute atomic E-state index is 0.148. The third kappa shape index (κ3) is 8.96. The average Bonchev–Trinajstić information content (AvgIpc) is 3.43. The zero-order valence-electron chi connectivity index (χ0n) is 28.7. The van der Waals surface area contributed by atoms with Gasteiger partial charge >= 0.3 is 5.97 Å². The lowest BCUT2D eigenvalue weighted by Crippen LogP contribution is -2.44. The van der Waals surface area contributed by atoms with E-state index < -0.39 is 27.1 Å². The van der Waals surface area contributed by atoms with Crippen molar-refractivity contribution >= 4 is 38.2 Å². The summed E-state index contributed by atoms with van der Waals surface area (Å²) in [6, 6.07) is 8.09. The Morgan fingerprint density at radius 2 is 2.02 bits per heavy atom. The van der Waals surface area contributed by atoms with E-state index in [-0.39, 0.29) is 35.8 Å². The van der Waals surface area contributed by atoms with E-state index in [0.717, 1.165) is 42.8 Å². The van der Waals surface area contributed by atoms with E-state index in [1.165, 1.54) is 17.1 Å². The summed E-state index contributed by atoms with van der Waals surface area (Å²) in [4.78, 5) is 22.6. The summed E-state index contributed by atoms with van der Waals surface area (Å²) in [6.07, 6.45) is 10.7. The number of hydrazine groups is 1. The number of likely N-dealkylation sites (tertiary alicyclic amines) is 1. The standard InChI is InChI=1S/C36H48FN7O4S/c1-23(2)22-48-36(45)35-34(30-19-28(37)8-9-32(30)42-35)31(38)21-44(39)20-26-11-15-43(16-12-26)17-14-41-49(46,47)33-10-7-27(18-24(33)3)29-6-5-13-40-25(29)4/h5-10,13,18-19,21,23-24,26,33,41-42H,11-12,14-17,20,22,38-39H2,1-4H3/b31-21-. The van der Waals surface area contributed by atoms with Crippen LogP contribution in [0.4, 0.5) is 4.39 Å². The first kappa shape index (κ1) is 36.2. The van der Waals surface area contributed by atoms with Crippen LogP contribution in [0.15, 0.2) is 61.0 Å². The number of halogens is 1. The number of carbonyl (C=O) groups is 1. The second-order valence-electron chi connectivity index (χ2n) is 13.5. The molecule has 0 radical (unpaired) electrons. The van der Waals surface area contributed by atoms with Crippen molar-refractivity contribution in [2.45, 2.75) is 45.8 Å². The van der Waals surface area contributed by atoms with Crippen LogP contribution in [0.5, 0.6) is 0 Å². The highest BCUT2D eigenvalue weighted by atomic mass is 32.2. The number of hydrogen-bond donors (Lipinski definition) is 4. The van der Waals surface area contributed by atoms with Gasteiger partial charge < -0.3 is 25.4 Å². The fourth-order valence-electron chi connectivity index (χ4n) is 6.52. The molecular formula is C36H48FN7O4S. The van der Waals surface area contributed by atoms with Crippen LogP contribution in [0.1, 0.15) is 60.9 Å². The van der Waals surface area contributed by atoms with E-state index in [4.69, 9.17) is 16.3 Å². The Morgan fingerprint density at radius 3 is 2.71 bits per heavy atom. The maximum atomic E-state index is 14.2. The molecule has 0 bridgehead atoms. The second kappa shape index (κ2) is 15.7. The lowest BCUT2D eigenvalue weighted by atomic mass is 9.92. The average molecular weight is 694 g/mol. The normalized spacial score (nSPS) is 19.4. The van der Waals surface area contributed by atoms with Gasteiger partial charge in [0.25, 0.3) is 0 Å². The summed E-state index contributed by atoms with van der Waals surface area (Å²) in [5.74, 6) is 5.61. The number of benzene rings is 1. The molecule has 0 spiro atoms. The minimum Gasteiger partial charge on any atom is -0.461 e. The molecule has 13 heteroatoms. The molecule has 3 aromatic rings. The van der Waals surface area contributed by atoms with Crippen molar-refractivity contribution in [1.82, 2.24) is 24.6 Å². The molecule has 1 aromatic carbocycles. The van der Waals surface area contributed by atoms with Crippen molar-refractivity contribution in [3.8, 4) is 0 Å². The number of rotatable bonds is 13. The first-order valence-electron chi connectivity index (χ1n) is 16.8. The number of pyridine rings is 1. The summed E-state index contributed by atoms with van der Waals surface area (Å²) in [5, 5.41) is 1.34. The molecular weight excluding hydrogens is 646 g/mol. The summed E-state index contributed by atoms with van der Waals surface area (Å²) >= 11 is 0. The van der Waals surface area contributed by atoms with Crippen molar-refractivity contribution < 1.29 is 22.3 Å². The van der Waals surface area contributed by atoms with Crippen molar-refractivity contribution in [2.75, 3.05) is 39.3 Å². The number of aromatic nitrogens is 2. The number of hydrogen-bond acceptors (Lipinski definition) is 9. The van der Waals surface area contributed by atoms with Gasteiger partial charge in [-0.25, -0.2) is 28.2 Å². The summed E-state index contributed by atoms with van der Waals surface area (Å²) < 4.78 is 48.8. The molecule has 0 amide bonds. The van der Waals surface area contributed by atoms with E-state index >= 15 is 0 Å². The Kier molecular flexibility index (Phi) is 11.6. The smallest absolute Gasteiger partial charge is 0.355 e. The van der Waals surface area contributed by atoms with Crippen LogP contribution in [0, 0.1) is 30.5 Å². The molecule has 1 fully saturated rings. The van der Waals surface area contributed by atoms with E-state index in [2.05, 4.69) is 19.6 Å². The molecule has 0 saturated carbocycles. The van der Waals surface area contributed by atoms with E-state index in [1.54, 1.807) is 24.5 Å². The zero-order chi connectivity index (χ0) is 35.3. The van der Waals surface area contributed by atoms with Crippen molar-refractivity contribution in [3.63, 3.8) is 0 Å². The number of carbonyl (C=O) groups excluding carboxylic acids is 1. The largest absolute Gasteiger partial charge is 0.461 e. The summed E-state index contributed by atoms with van der Waals surface area (Å²) in [7, 11) is -3.56. The molecule has 3 heterocycles. The van der Waals surface area contributed by atoms with Crippen molar-refractivity contribution in [2.24, 2.45) is 29.3 Å². The van der Waals surface area contributed by atoms with E-state index in [0.29, 0.717) is 36.1 Å². The number of aryl methyl sites for hydroxylation is 1. The van der Waals surface area contributed by atoms with Gasteiger partial charge in [-0.1, -0.05) is 45.1 Å². The number of aromatic amines is 1. The zero-order valence-corrected chi connectivity index (χ0v) is 29.5. The summed E-state index contributed by atoms with van der Waals surface area (Å²) in [5.41, 5.74) is 10.7. The van der Waals surface area contributed by atoms with Gasteiger partial charge in [0.05, 0.1) is 17.6 Å². The third-order valence-corrected chi connectivity index (χ3v) is 11.0. The molecule has 6 N–H and O–H groups in total. The highest BCUT2D eigenvalue weighted by Gasteiger charge is 2.30. The van der Waals surface area contributed by atoms with Crippen LogP contribution >= 0.6 is 0 Å². The van der Waals surface area contributed by atoms with Gasteiger partial charge in [-0.3, -0.25) is 4.98 Å². The molecule has 1 aliphatic heterocycles. The van der Waals surface area contributed by atoms with Gasteiger partial charge in [0, 0.05) is 59.8 Å². The Morgan fingerprint density at radius 1 is 1.27 bits per heavy atom. The maximum Gasteiger partial charge on any atom is 0.355 e. The Hall–Kier alpha value is -4.04. The topological polar surface area (TPSA) is 160 Å². The van der Waals surface area contributed by atoms with E-state index in [9.17, 15) is 17.6 Å². The number of esters is 1. The van der Waals surface area contributed by atoms with Gasteiger partial charge in [0.2, 0.25) is 10.0 Å². The molecule has 2 unspecified atom stereocenters. The quantitative estimate of drug-likeness (QED) is 0.115. The molecule has 11 nitrogen and oxygen atoms in total. The lowest BCUT2D eigenvalue weighted by Gasteiger charge is -2.33. The number of ether oxygens (including phenoxy) is 1. The maximum absolute atomic E-state index is 14.2. The number of H-pyrrole nitrogens is 1. The lowest BCUT2D eigenvalue weighted by molar-refractivity contribution is 0.0452. The monoisotopic (exact) mass is 693 g/mol. The fraction of sp³-hybridized carbons (Fsp3) is 0.444. The number of fused-ring (bicyclic) bond motifs is 1. The van der Waals surface area contributed by atoms with Gasteiger partial charge in [-0.2, -0.15) is 0 Å². The first-order chi connectivity index (χ1) is 23.3. The Labute approximate surface area is 288 Å². The van der Waals surface area contributed by atoms with Gasteiger partial charge in [0.1, 0.15) is 11.5 Å². The van der Waals surface area contributed by atoms with Crippen LogP contribution in [0.2, 0.25) is 0 Å². The molecule has 49 heavy (non-hydrogen) atoms. The molecule has 2 aromatic heterocycles. The van der Waals surface area contributed by atoms with E-state index in [1.807, 2.05) is 52.0 Å². The molecule has 264 valence electrons. The Bertz CT molecular complexity index is 1840. The van der Waals surface area contributed by atoms with Crippen LogP contribution in [0.3, 0.4) is 0 Å². The predicted octanol–water partition coefficient (Wildman–Crippen LogP) is 4.55. The molecule has 1 aliphatic carbocycles. The molecule has 5 rings (SSSR count). The number of nitrogens with two attached hydrogens (primary N) is 2. The highest BCUT2D eigenvalue weighted by molar-refractivity contribution is 7.90. The first-order valence-corrected chi connectivity index (χ1v) is 18.4. The fourth-order valence-corrected chi connectivity index (χ4v) is 8.02. The van der Waals surface area contributed by atoms with Gasteiger partial charge in [-0.05, 0) is 80.4 Å². The minimum atomic E-state index is -3.56. The van der Waals surface area contributed by atoms with Crippen LogP contribution in [-0.2, 0) is 14.8 Å². The molecule has 2 atom stereocenters. The number of piperidine rings is 1. The van der Waals surface area contributed by atoms with Crippen LogP contribution in [-0.4, -0.2) is 78.8 Å². The van der Waals surface area contributed by atoms with Crippen molar-refractivity contribution in [3.05, 3.63) is 89.3 Å². The van der Waals surface area contributed by atoms with Gasteiger partial charge in [-0.15, -0.1) is 0 Å². The van der Waals surface area contributed by atoms with Crippen LogP contribution < -0.4 is 16.3 Å². The van der Waals surface area contributed by atoms with Crippen molar-refractivity contribution in [1.29, 1.82) is 0 Å². The molecule has 2 aliphatic rings. The third-order valence-electron chi connectivity index (χ3n) is 9.12. The summed E-state index contributed by atoms with van der Waals surface area (Å²) in [6.45, 7) is 11.1. The highest BCUT2D eigenvalue weighted by Crippen LogP contribution is 2.30. The molecule has 1 saturated heterocycles. The number of sulfonamides is 1. The Balaban J connectivity index is 1.12.